The highest BCUT2D eigenvalue weighted by Gasteiger charge is 2.44. The second-order valence-electron chi connectivity index (χ2n) is 2.98. The Labute approximate surface area is 70.0 Å². The van der Waals surface area contributed by atoms with Crippen molar-refractivity contribution in [3.05, 3.63) is 34.9 Å². The van der Waals surface area contributed by atoms with Gasteiger partial charge in [-0.25, -0.2) is 4.39 Å². The molecule has 1 fully saturated rings. The maximum atomic E-state index is 13.4. The number of rotatable bonds is 1. The fourth-order valence-electron chi connectivity index (χ4n) is 1.17. The van der Waals surface area contributed by atoms with Crippen LogP contribution < -0.4 is 0 Å². The first-order valence-corrected chi connectivity index (χ1v) is 4.03. The molecule has 0 N–H and O–H groups in total. The summed E-state index contributed by atoms with van der Waals surface area (Å²) in [5.41, 5.74) is -0.324. The maximum absolute atomic E-state index is 13.4. The van der Waals surface area contributed by atoms with E-state index in [2.05, 4.69) is 0 Å². The number of alkyl halides is 1. The van der Waals surface area contributed by atoms with E-state index in [0.717, 1.165) is 5.56 Å². The van der Waals surface area contributed by atoms with E-state index >= 15 is 0 Å². The highest BCUT2D eigenvalue weighted by molar-refractivity contribution is 6.30. The first-order valence-electron chi connectivity index (χ1n) is 3.66. The van der Waals surface area contributed by atoms with Crippen LogP contribution in [0.25, 0.3) is 0 Å². The Bertz CT molecular complexity index is 279. The van der Waals surface area contributed by atoms with Gasteiger partial charge in [0, 0.05) is 5.02 Å². The molecule has 0 radical (unpaired) electrons. The highest BCUT2D eigenvalue weighted by Crippen LogP contribution is 2.49. The van der Waals surface area contributed by atoms with Gasteiger partial charge >= 0.3 is 0 Å². The summed E-state index contributed by atoms with van der Waals surface area (Å²) in [6.45, 7) is 0. The van der Waals surface area contributed by atoms with Gasteiger partial charge in [0.15, 0.2) is 0 Å². The van der Waals surface area contributed by atoms with E-state index in [1.165, 1.54) is 0 Å². The van der Waals surface area contributed by atoms with Crippen LogP contribution in [0.4, 0.5) is 4.39 Å². The minimum atomic E-state index is -1.05. The fourth-order valence-corrected chi connectivity index (χ4v) is 1.36. The van der Waals surface area contributed by atoms with Crippen molar-refractivity contribution < 1.29 is 4.39 Å². The van der Waals surface area contributed by atoms with Gasteiger partial charge in [0.05, 0.1) is 0 Å². The molecule has 1 aliphatic carbocycles. The largest absolute Gasteiger partial charge is 0.239 e. The summed E-state index contributed by atoms with van der Waals surface area (Å²) in [7, 11) is 0. The summed E-state index contributed by atoms with van der Waals surface area (Å²) < 4.78 is 13.4. The molecule has 0 bridgehead atoms. The van der Waals surface area contributed by atoms with E-state index in [1.807, 2.05) is 0 Å². The minimum absolute atomic E-state index is 0.617. The first kappa shape index (κ1) is 7.11. The van der Waals surface area contributed by atoms with Gasteiger partial charge in [-0.1, -0.05) is 23.7 Å². The minimum Gasteiger partial charge on any atom is -0.239 e. The molecule has 0 aromatic heterocycles. The summed E-state index contributed by atoms with van der Waals surface area (Å²) in [6, 6.07) is 7.04. The van der Waals surface area contributed by atoms with Gasteiger partial charge in [-0.15, -0.1) is 0 Å². The molecule has 0 aliphatic heterocycles. The monoisotopic (exact) mass is 170 g/mol. The van der Waals surface area contributed by atoms with Crippen molar-refractivity contribution in [1.82, 2.24) is 0 Å². The fraction of sp³-hybridized carbons (Fsp3) is 0.333. The normalized spacial score (nSPS) is 19.8. The van der Waals surface area contributed by atoms with Crippen molar-refractivity contribution in [3.8, 4) is 0 Å². The van der Waals surface area contributed by atoms with Gasteiger partial charge in [-0.3, -0.25) is 0 Å². The summed E-state index contributed by atoms with van der Waals surface area (Å²) in [5.74, 6) is 0. The third-order valence-corrected chi connectivity index (χ3v) is 2.27. The molecular weight excluding hydrogens is 163 g/mol. The number of hydrogen-bond donors (Lipinski definition) is 0. The van der Waals surface area contributed by atoms with Gasteiger partial charge in [-0.2, -0.15) is 0 Å². The summed E-state index contributed by atoms with van der Waals surface area (Å²) >= 11 is 5.71. The average molecular weight is 171 g/mol. The third kappa shape index (κ3) is 1.25. The predicted molar refractivity (Wildman–Crippen MR) is 43.5 cm³/mol. The van der Waals surface area contributed by atoms with Crippen molar-refractivity contribution in [3.63, 3.8) is 0 Å². The predicted octanol–water partition coefficient (Wildman–Crippen LogP) is 3.30. The summed E-state index contributed by atoms with van der Waals surface area (Å²) in [6.07, 6.45) is 1.29. The number of halogens is 2. The summed E-state index contributed by atoms with van der Waals surface area (Å²) in [4.78, 5) is 0. The smallest absolute Gasteiger partial charge is 0.136 e. The Morgan fingerprint density at radius 2 is 2.09 bits per heavy atom. The molecule has 0 saturated heterocycles. The van der Waals surface area contributed by atoms with E-state index < -0.39 is 5.67 Å². The zero-order chi connectivity index (χ0) is 7.90. The molecule has 1 aliphatic rings. The van der Waals surface area contributed by atoms with Crippen LogP contribution in [0.5, 0.6) is 0 Å². The molecule has 58 valence electrons. The van der Waals surface area contributed by atoms with E-state index in [1.54, 1.807) is 24.3 Å². The lowest BCUT2D eigenvalue weighted by Crippen LogP contribution is -1.95. The zero-order valence-electron chi connectivity index (χ0n) is 5.98. The lowest BCUT2D eigenvalue weighted by molar-refractivity contribution is 0.317. The lowest BCUT2D eigenvalue weighted by Gasteiger charge is -2.03. The molecule has 0 heterocycles. The Balaban J connectivity index is 2.38. The van der Waals surface area contributed by atoms with E-state index in [-0.39, 0.29) is 0 Å². The van der Waals surface area contributed by atoms with Crippen LogP contribution in [0.3, 0.4) is 0 Å². The van der Waals surface area contributed by atoms with Crippen molar-refractivity contribution in [2.24, 2.45) is 0 Å². The maximum Gasteiger partial charge on any atom is 0.136 e. The Morgan fingerprint density at radius 1 is 1.36 bits per heavy atom. The van der Waals surface area contributed by atoms with Gasteiger partial charge < -0.3 is 0 Å². The molecule has 0 atom stereocenters. The Hall–Kier alpha value is -0.560. The van der Waals surface area contributed by atoms with Crippen LogP contribution in [-0.4, -0.2) is 0 Å². The highest BCUT2D eigenvalue weighted by atomic mass is 35.5. The Morgan fingerprint density at radius 3 is 2.64 bits per heavy atom. The van der Waals surface area contributed by atoms with Crippen LogP contribution >= 0.6 is 11.6 Å². The average Bonchev–Trinajstić information content (AvgIpc) is 2.70. The van der Waals surface area contributed by atoms with Gasteiger partial charge in [-0.05, 0) is 30.5 Å². The zero-order valence-corrected chi connectivity index (χ0v) is 6.74. The quantitative estimate of drug-likeness (QED) is 0.607. The summed E-state index contributed by atoms with van der Waals surface area (Å²) in [5, 5.41) is 0.617. The van der Waals surface area contributed by atoms with Crippen LogP contribution in [0.1, 0.15) is 18.4 Å². The van der Waals surface area contributed by atoms with E-state index in [0.29, 0.717) is 17.9 Å². The third-order valence-electron chi connectivity index (χ3n) is 2.03. The molecule has 1 saturated carbocycles. The topological polar surface area (TPSA) is 0 Å². The molecule has 0 nitrogen and oxygen atoms in total. The molecule has 2 heteroatoms. The molecule has 1 aromatic carbocycles. The van der Waals surface area contributed by atoms with Crippen molar-refractivity contribution in [1.29, 1.82) is 0 Å². The second kappa shape index (κ2) is 2.21. The Kier molecular flexibility index (Phi) is 1.43. The number of hydrogen-bond acceptors (Lipinski definition) is 0. The number of benzene rings is 1. The van der Waals surface area contributed by atoms with Crippen LogP contribution in [0.15, 0.2) is 24.3 Å². The van der Waals surface area contributed by atoms with Crippen molar-refractivity contribution in [2.75, 3.05) is 0 Å². The molecular formula is C9H8ClF. The molecule has 1 aromatic rings. The van der Waals surface area contributed by atoms with E-state index in [4.69, 9.17) is 11.6 Å². The van der Waals surface area contributed by atoms with Crippen molar-refractivity contribution >= 4 is 11.6 Å². The van der Waals surface area contributed by atoms with Crippen molar-refractivity contribution in [2.45, 2.75) is 18.5 Å². The van der Waals surface area contributed by atoms with Crippen LogP contribution in [-0.2, 0) is 5.67 Å². The van der Waals surface area contributed by atoms with Crippen LogP contribution in [0, 0.1) is 0 Å². The van der Waals surface area contributed by atoms with Gasteiger partial charge in [0.2, 0.25) is 0 Å². The SMILES string of the molecule is FC1(c2cccc(Cl)c2)CC1. The lowest BCUT2D eigenvalue weighted by atomic mass is 10.1. The van der Waals surface area contributed by atoms with Gasteiger partial charge in [0.25, 0.3) is 0 Å². The molecule has 2 rings (SSSR count). The molecule has 0 spiro atoms. The molecule has 11 heavy (non-hydrogen) atoms. The molecule has 0 unspecified atom stereocenters. The standard InChI is InChI=1S/C9H8ClF/c10-8-3-1-2-7(6-8)9(11)4-5-9/h1-3,6H,4-5H2. The van der Waals surface area contributed by atoms with Crippen LogP contribution in [0.2, 0.25) is 5.02 Å². The first-order chi connectivity index (χ1) is 5.21. The van der Waals surface area contributed by atoms with E-state index in [9.17, 15) is 4.39 Å². The second-order valence-corrected chi connectivity index (χ2v) is 3.41. The molecule has 0 amide bonds. The van der Waals surface area contributed by atoms with Gasteiger partial charge in [0.1, 0.15) is 5.67 Å².